The maximum absolute atomic E-state index is 6.10. The number of hydrogen-bond acceptors (Lipinski definition) is 1. The molecule has 0 spiro atoms. The van der Waals surface area contributed by atoms with Gasteiger partial charge in [-0.3, -0.25) is 0 Å². The Morgan fingerprint density at radius 1 is 1.22 bits per heavy atom. The van der Waals surface area contributed by atoms with Gasteiger partial charge in [0.25, 0.3) is 0 Å². The van der Waals surface area contributed by atoms with Crippen LogP contribution in [0.1, 0.15) is 44.1 Å². The van der Waals surface area contributed by atoms with E-state index >= 15 is 0 Å². The molecule has 1 heterocycles. The Morgan fingerprint density at radius 3 is 2.78 bits per heavy atom. The third kappa shape index (κ3) is 2.12. The molecule has 1 nitrogen and oxygen atoms in total. The van der Waals surface area contributed by atoms with Crippen molar-refractivity contribution in [2.75, 3.05) is 0 Å². The molecule has 1 aromatic heterocycles. The summed E-state index contributed by atoms with van der Waals surface area (Å²) in [5, 5.41) is 2.87. The summed E-state index contributed by atoms with van der Waals surface area (Å²) in [6, 6.07) is 8.67. The first kappa shape index (κ1) is 12.0. The summed E-state index contributed by atoms with van der Waals surface area (Å²) >= 11 is 6.10. The molecule has 1 unspecified atom stereocenters. The van der Waals surface area contributed by atoms with E-state index in [0.29, 0.717) is 11.1 Å². The van der Waals surface area contributed by atoms with Crippen molar-refractivity contribution in [2.45, 2.75) is 38.5 Å². The molecule has 0 radical (unpaired) electrons. The van der Waals surface area contributed by atoms with Gasteiger partial charge in [-0.05, 0) is 41.7 Å². The molecule has 1 aliphatic rings. The number of benzene rings is 1. The molecule has 0 aliphatic heterocycles. The predicted octanol–water partition coefficient (Wildman–Crippen LogP) is 5.18. The highest BCUT2D eigenvalue weighted by Crippen LogP contribution is 2.38. The lowest BCUT2D eigenvalue weighted by molar-refractivity contribution is 0.461. The van der Waals surface area contributed by atoms with E-state index in [1.165, 1.54) is 36.6 Å². The van der Waals surface area contributed by atoms with Gasteiger partial charge in [0.2, 0.25) is 0 Å². The Kier molecular flexibility index (Phi) is 3.25. The summed E-state index contributed by atoms with van der Waals surface area (Å²) < 4.78 is 0. The van der Waals surface area contributed by atoms with Gasteiger partial charge in [-0.15, -0.1) is 0 Å². The van der Waals surface area contributed by atoms with Crippen LogP contribution in [-0.2, 0) is 0 Å². The zero-order valence-electron chi connectivity index (χ0n) is 10.7. The molecule has 1 aromatic carbocycles. The fraction of sp³-hybridized carbons (Fsp3) is 0.438. The van der Waals surface area contributed by atoms with Crippen molar-refractivity contribution in [3.8, 4) is 0 Å². The Morgan fingerprint density at radius 2 is 2.00 bits per heavy atom. The zero-order chi connectivity index (χ0) is 12.5. The van der Waals surface area contributed by atoms with Gasteiger partial charge >= 0.3 is 0 Å². The van der Waals surface area contributed by atoms with Crippen molar-refractivity contribution in [3.63, 3.8) is 0 Å². The van der Waals surface area contributed by atoms with Gasteiger partial charge in [0.1, 0.15) is 5.15 Å². The number of rotatable bonds is 2. The molecule has 1 aliphatic carbocycles. The first-order valence-corrected chi connectivity index (χ1v) is 7.17. The van der Waals surface area contributed by atoms with Gasteiger partial charge in [-0.2, -0.15) is 0 Å². The highest BCUT2D eigenvalue weighted by Gasteiger charge is 2.22. The largest absolute Gasteiger partial charge is 0.244 e. The van der Waals surface area contributed by atoms with Crippen molar-refractivity contribution in [1.82, 2.24) is 4.98 Å². The van der Waals surface area contributed by atoms with Crippen molar-refractivity contribution < 1.29 is 0 Å². The molecule has 2 aromatic rings. The van der Waals surface area contributed by atoms with Crippen LogP contribution < -0.4 is 0 Å². The van der Waals surface area contributed by atoms with Crippen LogP contribution in [0.2, 0.25) is 5.15 Å². The Labute approximate surface area is 113 Å². The number of fused-ring (bicyclic) bond motifs is 1. The lowest BCUT2D eigenvalue weighted by Gasteiger charge is -2.19. The van der Waals surface area contributed by atoms with E-state index in [0.717, 1.165) is 11.3 Å². The summed E-state index contributed by atoms with van der Waals surface area (Å²) in [7, 11) is 0. The molecule has 18 heavy (non-hydrogen) atoms. The van der Waals surface area contributed by atoms with E-state index in [4.69, 9.17) is 11.6 Å². The third-order valence-electron chi connectivity index (χ3n) is 4.37. The summed E-state index contributed by atoms with van der Waals surface area (Å²) in [4.78, 5) is 4.12. The molecular weight excluding hydrogens is 242 g/mol. The molecule has 1 atom stereocenters. The minimum absolute atomic E-state index is 0.604. The summed E-state index contributed by atoms with van der Waals surface area (Å²) in [5.74, 6) is 1.52. The quantitative estimate of drug-likeness (QED) is 0.677. The summed E-state index contributed by atoms with van der Waals surface area (Å²) in [6.07, 6.45) is 7.36. The first-order valence-electron chi connectivity index (χ1n) is 6.80. The Balaban J connectivity index is 1.97. The molecule has 1 saturated carbocycles. The van der Waals surface area contributed by atoms with Crippen LogP contribution in [0.15, 0.2) is 30.5 Å². The fourth-order valence-electron chi connectivity index (χ4n) is 3.17. The predicted molar refractivity (Wildman–Crippen MR) is 77.1 cm³/mol. The number of hydrogen-bond donors (Lipinski definition) is 0. The van der Waals surface area contributed by atoms with Gasteiger partial charge in [0.15, 0.2) is 0 Å². The van der Waals surface area contributed by atoms with E-state index in [9.17, 15) is 0 Å². The van der Waals surface area contributed by atoms with Gasteiger partial charge in [0.05, 0.1) is 0 Å². The second-order valence-electron chi connectivity index (χ2n) is 5.42. The molecule has 3 rings (SSSR count). The first-order chi connectivity index (χ1) is 8.75. The average Bonchev–Trinajstić information content (AvgIpc) is 2.91. The van der Waals surface area contributed by atoms with E-state index in [-0.39, 0.29) is 0 Å². The van der Waals surface area contributed by atoms with Gasteiger partial charge < -0.3 is 0 Å². The molecule has 0 N–H and O–H groups in total. The van der Waals surface area contributed by atoms with Gasteiger partial charge in [0, 0.05) is 11.6 Å². The molecule has 0 amide bonds. The van der Waals surface area contributed by atoms with Crippen LogP contribution in [-0.4, -0.2) is 4.98 Å². The monoisotopic (exact) mass is 259 g/mol. The van der Waals surface area contributed by atoms with Gasteiger partial charge in [-0.1, -0.05) is 49.6 Å². The lowest BCUT2D eigenvalue weighted by atomic mass is 9.86. The molecule has 94 valence electrons. The summed E-state index contributed by atoms with van der Waals surface area (Å²) in [5.41, 5.74) is 1.44. The molecule has 0 bridgehead atoms. The van der Waals surface area contributed by atoms with Crippen LogP contribution in [0.5, 0.6) is 0 Å². The fourth-order valence-corrected chi connectivity index (χ4v) is 3.40. The van der Waals surface area contributed by atoms with Crippen LogP contribution >= 0.6 is 11.6 Å². The standard InChI is InChI=1S/C16H18ClN/c1-11(12-4-2-3-5-12)13-6-7-15-14(10-13)8-9-18-16(15)17/h6-12H,2-5H2,1H3. The smallest absolute Gasteiger partial charge is 0.136 e. The normalized spacial score (nSPS) is 18.3. The Bertz CT molecular complexity index is 558. The van der Waals surface area contributed by atoms with Crippen LogP contribution in [0.3, 0.4) is 0 Å². The highest BCUT2D eigenvalue weighted by molar-refractivity contribution is 6.34. The minimum Gasteiger partial charge on any atom is -0.244 e. The number of pyridine rings is 1. The van der Waals surface area contributed by atoms with Crippen LogP contribution in [0.25, 0.3) is 10.8 Å². The maximum atomic E-state index is 6.10. The number of nitrogens with zero attached hydrogens (tertiary/aromatic N) is 1. The number of aromatic nitrogens is 1. The maximum Gasteiger partial charge on any atom is 0.136 e. The van der Waals surface area contributed by atoms with Crippen LogP contribution in [0, 0.1) is 5.92 Å². The number of halogens is 1. The van der Waals surface area contributed by atoms with E-state index in [1.54, 1.807) is 6.20 Å². The second kappa shape index (κ2) is 4.89. The van der Waals surface area contributed by atoms with Crippen molar-refractivity contribution in [3.05, 3.63) is 41.2 Å². The SMILES string of the molecule is CC(c1ccc2c(Cl)nccc2c1)C1CCCC1. The van der Waals surface area contributed by atoms with E-state index in [2.05, 4.69) is 30.1 Å². The van der Waals surface area contributed by atoms with Gasteiger partial charge in [-0.25, -0.2) is 4.98 Å². The Hall–Kier alpha value is -1.08. The molecule has 2 heteroatoms. The lowest BCUT2D eigenvalue weighted by Crippen LogP contribution is -2.05. The van der Waals surface area contributed by atoms with E-state index in [1.807, 2.05) is 6.07 Å². The average molecular weight is 260 g/mol. The van der Waals surface area contributed by atoms with Crippen molar-refractivity contribution in [1.29, 1.82) is 0 Å². The summed E-state index contributed by atoms with van der Waals surface area (Å²) in [6.45, 7) is 2.36. The third-order valence-corrected chi connectivity index (χ3v) is 4.67. The zero-order valence-corrected chi connectivity index (χ0v) is 11.5. The van der Waals surface area contributed by atoms with Crippen molar-refractivity contribution in [2.24, 2.45) is 5.92 Å². The van der Waals surface area contributed by atoms with Crippen LogP contribution in [0.4, 0.5) is 0 Å². The second-order valence-corrected chi connectivity index (χ2v) is 5.77. The van der Waals surface area contributed by atoms with Crippen molar-refractivity contribution >= 4 is 22.4 Å². The molecular formula is C16H18ClN. The topological polar surface area (TPSA) is 12.9 Å². The molecule has 1 fully saturated rings. The minimum atomic E-state index is 0.604. The van der Waals surface area contributed by atoms with E-state index < -0.39 is 0 Å². The molecule has 0 saturated heterocycles. The highest BCUT2D eigenvalue weighted by atomic mass is 35.5.